The molecule has 0 atom stereocenters. The molecular formula is C18H20ClN. The molecule has 0 radical (unpaired) electrons. The Hall–Kier alpha value is -1.47. The van der Waals surface area contributed by atoms with Crippen molar-refractivity contribution in [2.24, 2.45) is 0 Å². The first kappa shape index (κ1) is 13.5. The Labute approximate surface area is 126 Å². The van der Waals surface area contributed by atoms with Gasteiger partial charge in [-0.25, -0.2) is 0 Å². The fourth-order valence-corrected chi connectivity index (χ4v) is 3.16. The second kappa shape index (κ2) is 5.88. The highest BCUT2D eigenvalue weighted by atomic mass is 35.5. The topological polar surface area (TPSA) is 12.0 Å². The van der Waals surface area contributed by atoms with Crippen molar-refractivity contribution in [2.45, 2.75) is 38.1 Å². The van der Waals surface area contributed by atoms with E-state index in [1.807, 2.05) is 12.1 Å². The molecule has 1 nitrogen and oxygen atoms in total. The van der Waals surface area contributed by atoms with Gasteiger partial charge in [-0.15, -0.1) is 0 Å². The molecule has 1 saturated carbocycles. The van der Waals surface area contributed by atoms with E-state index in [-0.39, 0.29) is 0 Å². The average Bonchev–Trinajstić information content (AvgIpc) is 2.42. The van der Waals surface area contributed by atoms with Crippen LogP contribution in [0.3, 0.4) is 0 Å². The van der Waals surface area contributed by atoms with Crippen molar-refractivity contribution in [3.63, 3.8) is 0 Å². The molecule has 2 aromatic rings. The molecule has 20 heavy (non-hydrogen) atoms. The van der Waals surface area contributed by atoms with Crippen molar-refractivity contribution in [2.75, 3.05) is 5.32 Å². The maximum atomic E-state index is 6.06. The summed E-state index contributed by atoms with van der Waals surface area (Å²) in [6, 6.07) is 17.5. The van der Waals surface area contributed by atoms with Crippen LogP contribution in [0.15, 0.2) is 48.5 Å². The Bertz CT molecular complexity index is 587. The summed E-state index contributed by atoms with van der Waals surface area (Å²) in [7, 11) is 0. The second-order valence-electron chi connectivity index (χ2n) is 5.58. The Morgan fingerprint density at radius 2 is 1.90 bits per heavy atom. The van der Waals surface area contributed by atoms with Crippen LogP contribution in [-0.4, -0.2) is 6.04 Å². The monoisotopic (exact) mass is 285 g/mol. The predicted octanol–water partition coefficient (Wildman–Crippen LogP) is 5.26. The third-order valence-electron chi connectivity index (χ3n) is 4.22. The fourth-order valence-electron chi connectivity index (χ4n) is 2.96. The average molecular weight is 286 g/mol. The van der Waals surface area contributed by atoms with Gasteiger partial charge in [-0.1, -0.05) is 48.9 Å². The highest BCUT2D eigenvalue weighted by molar-refractivity contribution is 6.30. The Morgan fingerprint density at radius 1 is 1.10 bits per heavy atom. The van der Waals surface area contributed by atoms with Crippen LogP contribution in [0.2, 0.25) is 5.02 Å². The maximum Gasteiger partial charge on any atom is 0.0408 e. The van der Waals surface area contributed by atoms with Crippen molar-refractivity contribution in [3.05, 3.63) is 64.7 Å². The summed E-state index contributed by atoms with van der Waals surface area (Å²) < 4.78 is 0. The van der Waals surface area contributed by atoms with Gasteiger partial charge in [0.05, 0.1) is 0 Å². The van der Waals surface area contributed by atoms with Gasteiger partial charge in [-0.2, -0.15) is 0 Å². The van der Waals surface area contributed by atoms with E-state index in [2.05, 4.69) is 48.6 Å². The third-order valence-corrected chi connectivity index (χ3v) is 4.45. The first-order chi connectivity index (χ1) is 9.76. The van der Waals surface area contributed by atoms with Gasteiger partial charge in [-0.3, -0.25) is 0 Å². The predicted molar refractivity (Wildman–Crippen MR) is 86.7 cm³/mol. The summed E-state index contributed by atoms with van der Waals surface area (Å²) in [5, 5.41) is 4.52. The van der Waals surface area contributed by atoms with E-state index in [0.717, 1.165) is 11.4 Å². The van der Waals surface area contributed by atoms with Gasteiger partial charge in [0.1, 0.15) is 0 Å². The van der Waals surface area contributed by atoms with E-state index in [0.29, 0.717) is 12.0 Å². The van der Waals surface area contributed by atoms with Crippen molar-refractivity contribution in [3.8, 4) is 0 Å². The molecule has 1 aliphatic rings. The maximum absolute atomic E-state index is 6.06. The van der Waals surface area contributed by atoms with Gasteiger partial charge in [0.15, 0.2) is 0 Å². The van der Waals surface area contributed by atoms with Gasteiger partial charge in [-0.05, 0) is 54.5 Å². The standard InChI is InChI=1S/C18H20ClN/c1-2-13-6-3-4-9-18(13)20-17-11-15(12-17)14-7-5-8-16(19)10-14/h3-10,15,17,20H,2,11-12H2,1H3. The molecule has 0 amide bonds. The summed E-state index contributed by atoms with van der Waals surface area (Å²) in [5.41, 5.74) is 4.07. The van der Waals surface area contributed by atoms with Gasteiger partial charge in [0.2, 0.25) is 0 Å². The lowest BCUT2D eigenvalue weighted by molar-refractivity contribution is 0.374. The lowest BCUT2D eigenvalue weighted by atomic mass is 9.75. The zero-order chi connectivity index (χ0) is 13.9. The molecule has 1 aliphatic carbocycles. The number of nitrogens with one attached hydrogen (secondary N) is 1. The fraction of sp³-hybridized carbons (Fsp3) is 0.333. The van der Waals surface area contributed by atoms with Crippen molar-refractivity contribution >= 4 is 17.3 Å². The molecule has 104 valence electrons. The molecule has 1 fully saturated rings. The van der Waals surface area contributed by atoms with Crippen LogP contribution < -0.4 is 5.32 Å². The molecule has 0 saturated heterocycles. The van der Waals surface area contributed by atoms with E-state index in [1.165, 1.54) is 29.7 Å². The molecule has 0 aromatic heterocycles. The van der Waals surface area contributed by atoms with E-state index >= 15 is 0 Å². The summed E-state index contributed by atoms with van der Waals surface area (Å²) in [6.07, 6.45) is 3.46. The van der Waals surface area contributed by atoms with Crippen LogP contribution in [0.4, 0.5) is 5.69 Å². The molecule has 0 bridgehead atoms. The van der Waals surface area contributed by atoms with Crippen LogP contribution in [0.25, 0.3) is 0 Å². The van der Waals surface area contributed by atoms with Crippen molar-refractivity contribution in [1.29, 1.82) is 0 Å². The first-order valence-electron chi connectivity index (χ1n) is 7.36. The summed E-state index contributed by atoms with van der Waals surface area (Å²) in [5.74, 6) is 0.653. The minimum Gasteiger partial charge on any atom is -0.382 e. The Morgan fingerprint density at radius 3 is 2.65 bits per heavy atom. The number of hydrogen-bond acceptors (Lipinski definition) is 1. The minimum atomic E-state index is 0.590. The van der Waals surface area contributed by atoms with Crippen molar-refractivity contribution < 1.29 is 0 Å². The second-order valence-corrected chi connectivity index (χ2v) is 6.01. The quantitative estimate of drug-likeness (QED) is 0.808. The number of aryl methyl sites for hydroxylation is 1. The third kappa shape index (κ3) is 2.83. The van der Waals surface area contributed by atoms with E-state index in [9.17, 15) is 0 Å². The molecule has 0 unspecified atom stereocenters. The van der Waals surface area contributed by atoms with Crippen LogP contribution in [0.1, 0.15) is 36.8 Å². The molecule has 1 N–H and O–H groups in total. The van der Waals surface area contributed by atoms with Gasteiger partial charge < -0.3 is 5.32 Å². The molecule has 3 rings (SSSR count). The Kier molecular flexibility index (Phi) is 3.98. The normalized spacial score (nSPS) is 21.3. The largest absolute Gasteiger partial charge is 0.382 e. The van der Waals surface area contributed by atoms with Crippen LogP contribution in [0, 0.1) is 0 Å². The number of hydrogen-bond donors (Lipinski definition) is 1. The zero-order valence-corrected chi connectivity index (χ0v) is 12.5. The Balaban J connectivity index is 1.61. The highest BCUT2D eigenvalue weighted by Crippen LogP contribution is 2.39. The van der Waals surface area contributed by atoms with E-state index in [1.54, 1.807) is 0 Å². The van der Waals surface area contributed by atoms with Crippen molar-refractivity contribution in [1.82, 2.24) is 0 Å². The van der Waals surface area contributed by atoms with Crippen LogP contribution >= 0.6 is 11.6 Å². The minimum absolute atomic E-state index is 0.590. The molecule has 2 heteroatoms. The van der Waals surface area contributed by atoms with Crippen LogP contribution in [0.5, 0.6) is 0 Å². The molecule has 2 aromatic carbocycles. The summed E-state index contributed by atoms with van der Waals surface area (Å²) in [4.78, 5) is 0. The van der Waals surface area contributed by atoms with Gasteiger partial charge in [0, 0.05) is 16.8 Å². The lowest BCUT2D eigenvalue weighted by Crippen LogP contribution is -2.34. The number of rotatable bonds is 4. The van der Waals surface area contributed by atoms with E-state index < -0.39 is 0 Å². The highest BCUT2D eigenvalue weighted by Gasteiger charge is 2.30. The molecule has 0 heterocycles. The smallest absolute Gasteiger partial charge is 0.0408 e. The molecule has 0 aliphatic heterocycles. The SMILES string of the molecule is CCc1ccccc1NC1CC(c2cccc(Cl)c2)C1. The van der Waals surface area contributed by atoms with Gasteiger partial charge >= 0.3 is 0 Å². The van der Waals surface area contributed by atoms with Crippen LogP contribution in [-0.2, 0) is 6.42 Å². The van der Waals surface area contributed by atoms with E-state index in [4.69, 9.17) is 11.6 Å². The molecule has 0 spiro atoms. The number of halogens is 1. The van der Waals surface area contributed by atoms with Gasteiger partial charge in [0.25, 0.3) is 0 Å². The number of para-hydroxylation sites is 1. The molecular weight excluding hydrogens is 266 g/mol. The zero-order valence-electron chi connectivity index (χ0n) is 11.8. The lowest BCUT2D eigenvalue weighted by Gasteiger charge is -2.37. The first-order valence-corrected chi connectivity index (χ1v) is 7.74. The summed E-state index contributed by atoms with van der Waals surface area (Å²) >= 11 is 6.06. The number of benzene rings is 2. The number of anilines is 1. The summed E-state index contributed by atoms with van der Waals surface area (Å²) in [6.45, 7) is 2.20.